The first kappa shape index (κ1) is 14.0. The molecule has 0 aliphatic heterocycles. The third-order valence-electron chi connectivity index (χ3n) is 2.78. The van der Waals surface area contributed by atoms with E-state index in [1.807, 2.05) is 12.1 Å². The van der Waals surface area contributed by atoms with Gasteiger partial charge in [0.1, 0.15) is 5.54 Å². The number of amides is 1. The van der Waals surface area contributed by atoms with Crippen molar-refractivity contribution in [2.75, 3.05) is 6.54 Å². The van der Waals surface area contributed by atoms with Crippen molar-refractivity contribution in [1.29, 1.82) is 0 Å². The zero-order valence-electron chi connectivity index (χ0n) is 10.5. The minimum Gasteiger partial charge on any atom is -0.368 e. The summed E-state index contributed by atoms with van der Waals surface area (Å²) in [7, 11) is 0. The maximum atomic E-state index is 11.6. The Morgan fingerprint density at radius 2 is 1.94 bits per heavy atom. The van der Waals surface area contributed by atoms with Crippen molar-refractivity contribution >= 4 is 17.5 Å². The van der Waals surface area contributed by atoms with Crippen LogP contribution in [0.25, 0.3) is 0 Å². The molecule has 0 spiro atoms. The van der Waals surface area contributed by atoms with Gasteiger partial charge in [0.25, 0.3) is 0 Å². The summed E-state index contributed by atoms with van der Waals surface area (Å²) in [6.07, 6.45) is 0. The molecular weight excluding hydrogens is 236 g/mol. The van der Waals surface area contributed by atoms with Gasteiger partial charge in [0.2, 0.25) is 5.91 Å². The Morgan fingerprint density at radius 3 is 2.35 bits per heavy atom. The first-order valence-corrected chi connectivity index (χ1v) is 6.05. The van der Waals surface area contributed by atoms with E-state index in [4.69, 9.17) is 17.3 Å². The average Bonchev–Trinajstić information content (AvgIpc) is 2.26. The third-order valence-corrected chi connectivity index (χ3v) is 3.03. The highest BCUT2D eigenvalue weighted by atomic mass is 35.5. The van der Waals surface area contributed by atoms with E-state index in [0.29, 0.717) is 10.9 Å². The van der Waals surface area contributed by atoms with Crippen molar-refractivity contribution in [3.63, 3.8) is 0 Å². The first-order valence-electron chi connectivity index (χ1n) is 5.67. The molecule has 0 aliphatic rings. The molecule has 0 saturated heterocycles. The number of hydrogen-bond donors (Lipinski definition) is 2. The Bertz CT molecular complexity index is 389. The molecule has 1 atom stereocenters. The fraction of sp³-hybridized carbons (Fsp3) is 0.462. The summed E-state index contributed by atoms with van der Waals surface area (Å²) >= 11 is 5.83. The maximum Gasteiger partial charge on any atom is 0.242 e. The van der Waals surface area contributed by atoms with Crippen molar-refractivity contribution in [1.82, 2.24) is 5.32 Å². The van der Waals surface area contributed by atoms with Gasteiger partial charge in [-0.2, -0.15) is 0 Å². The summed E-state index contributed by atoms with van der Waals surface area (Å²) < 4.78 is 0. The second kappa shape index (κ2) is 5.52. The van der Waals surface area contributed by atoms with Gasteiger partial charge in [0.15, 0.2) is 0 Å². The van der Waals surface area contributed by atoms with Crippen LogP contribution in [0, 0.1) is 5.92 Å². The van der Waals surface area contributed by atoms with Crippen molar-refractivity contribution in [2.45, 2.75) is 26.3 Å². The van der Waals surface area contributed by atoms with Crippen LogP contribution < -0.4 is 11.1 Å². The number of carbonyl (C=O) groups excluding carboxylic acids is 1. The van der Waals surface area contributed by atoms with Gasteiger partial charge in [-0.05, 0) is 37.1 Å². The zero-order valence-corrected chi connectivity index (χ0v) is 11.2. The number of halogens is 1. The molecule has 1 amide bonds. The SMILES string of the molecule is CC(C)CNC(C)(C(N)=O)c1ccc(Cl)cc1. The predicted octanol–water partition coefficient (Wildman–Crippen LogP) is 2.29. The number of nitrogens with two attached hydrogens (primary N) is 1. The molecule has 94 valence electrons. The highest BCUT2D eigenvalue weighted by Gasteiger charge is 2.32. The highest BCUT2D eigenvalue weighted by Crippen LogP contribution is 2.22. The lowest BCUT2D eigenvalue weighted by Crippen LogP contribution is -2.51. The van der Waals surface area contributed by atoms with E-state index in [0.717, 1.165) is 12.1 Å². The van der Waals surface area contributed by atoms with E-state index in [9.17, 15) is 4.79 Å². The Kier molecular flexibility index (Phi) is 4.54. The van der Waals surface area contributed by atoms with Crippen LogP contribution in [0.2, 0.25) is 5.02 Å². The fourth-order valence-electron chi connectivity index (χ4n) is 1.52. The summed E-state index contributed by atoms with van der Waals surface area (Å²) in [4.78, 5) is 11.6. The van der Waals surface area contributed by atoms with E-state index in [2.05, 4.69) is 19.2 Å². The second-order valence-corrected chi connectivity index (χ2v) is 5.21. The van der Waals surface area contributed by atoms with Gasteiger partial charge in [0.05, 0.1) is 0 Å². The summed E-state index contributed by atoms with van der Waals surface area (Å²) in [6, 6.07) is 7.16. The summed E-state index contributed by atoms with van der Waals surface area (Å²) in [5.41, 5.74) is 5.47. The van der Waals surface area contributed by atoms with E-state index in [1.54, 1.807) is 19.1 Å². The van der Waals surface area contributed by atoms with Gasteiger partial charge in [-0.25, -0.2) is 0 Å². The molecule has 0 bridgehead atoms. The number of nitrogens with one attached hydrogen (secondary N) is 1. The fourth-order valence-corrected chi connectivity index (χ4v) is 1.65. The monoisotopic (exact) mass is 254 g/mol. The molecule has 1 aromatic carbocycles. The van der Waals surface area contributed by atoms with E-state index < -0.39 is 5.54 Å². The van der Waals surface area contributed by atoms with E-state index in [1.165, 1.54) is 0 Å². The van der Waals surface area contributed by atoms with Crippen LogP contribution in [0.4, 0.5) is 0 Å². The molecule has 3 N–H and O–H groups in total. The predicted molar refractivity (Wildman–Crippen MR) is 70.8 cm³/mol. The molecule has 17 heavy (non-hydrogen) atoms. The Hall–Kier alpha value is -1.06. The number of benzene rings is 1. The van der Waals surface area contributed by atoms with Crippen molar-refractivity contribution in [3.05, 3.63) is 34.9 Å². The molecule has 1 unspecified atom stereocenters. The Labute approximate surface area is 107 Å². The van der Waals surface area contributed by atoms with E-state index >= 15 is 0 Å². The summed E-state index contributed by atoms with van der Waals surface area (Å²) in [5, 5.41) is 3.86. The van der Waals surface area contributed by atoms with Gasteiger partial charge >= 0.3 is 0 Å². The molecular formula is C13H19ClN2O. The van der Waals surface area contributed by atoms with Crippen molar-refractivity contribution in [3.8, 4) is 0 Å². The van der Waals surface area contributed by atoms with Crippen LogP contribution in [0.15, 0.2) is 24.3 Å². The van der Waals surface area contributed by atoms with Crippen LogP contribution in [0.1, 0.15) is 26.3 Å². The molecule has 4 heteroatoms. The average molecular weight is 255 g/mol. The lowest BCUT2D eigenvalue weighted by atomic mass is 9.90. The molecule has 0 saturated carbocycles. The van der Waals surface area contributed by atoms with Crippen LogP contribution >= 0.6 is 11.6 Å². The van der Waals surface area contributed by atoms with Crippen LogP contribution in [0.3, 0.4) is 0 Å². The molecule has 0 aromatic heterocycles. The number of hydrogen-bond acceptors (Lipinski definition) is 2. The highest BCUT2D eigenvalue weighted by molar-refractivity contribution is 6.30. The van der Waals surface area contributed by atoms with Crippen LogP contribution in [-0.4, -0.2) is 12.5 Å². The quantitative estimate of drug-likeness (QED) is 0.847. The Balaban J connectivity index is 2.98. The maximum absolute atomic E-state index is 11.6. The Morgan fingerprint density at radius 1 is 1.41 bits per heavy atom. The lowest BCUT2D eigenvalue weighted by molar-refractivity contribution is -0.124. The standard InChI is InChI=1S/C13H19ClN2O/c1-9(2)8-16-13(3,12(15)17)10-4-6-11(14)7-5-10/h4-7,9,16H,8H2,1-3H3,(H2,15,17). The molecule has 0 aliphatic carbocycles. The minimum atomic E-state index is -0.852. The molecule has 0 fully saturated rings. The van der Waals surface area contributed by atoms with Crippen molar-refractivity contribution in [2.24, 2.45) is 11.7 Å². The minimum absolute atomic E-state index is 0.388. The normalized spacial score (nSPS) is 14.6. The third kappa shape index (κ3) is 3.45. The van der Waals surface area contributed by atoms with Gasteiger partial charge in [-0.3, -0.25) is 10.1 Å². The van der Waals surface area contributed by atoms with Gasteiger partial charge in [-0.1, -0.05) is 37.6 Å². The van der Waals surface area contributed by atoms with E-state index in [-0.39, 0.29) is 5.91 Å². The summed E-state index contributed by atoms with van der Waals surface area (Å²) in [6.45, 7) is 6.68. The molecule has 1 rings (SSSR count). The number of carbonyl (C=O) groups is 1. The van der Waals surface area contributed by atoms with Gasteiger partial charge < -0.3 is 5.73 Å². The second-order valence-electron chi connectivity index (χ2n) is 4.77. The topological polar surface area (TPSA) is 55.1 Å². The molecule has 1 aromatic rings. The zero-order chi connectivity index (χ0) is 13.1. The molecule has 0 heterocycles. The van der Waals surface area contributed by atoms with Crippen LogP contribution in [0.5, 0.6) is 0 Å². The van der Waals surface area contributed by atoms with Crippen LogP contribution in [-0.2, 0) is 10.3 Å². The number of primary amides is 1. The lowest BCUT2D eigenvalue weighted by Gasteiger charge is -2.29. The summed E-state index contributed by atoms with van der Waals surface area (Å²) in [5.74, 6) is 0.0569. The van der Waals surface area contributed by atoms with Gasteiger partial charge in [0, 0.05) is 5.02 Å². The van der Waals surface area contributed by atoms with Gasteiger partial charge in [-0.15, -0.1) is 0 Å². The number of rotatable bonds is 5. The molecule has 0 radical (unpaired) electrons. The first-order chi connectivity index (χ1) is 7.86. The largest absolute Gasteiger partial charge is 0.368 e. The molecule has 3 nitrogen and oxygen atoms in total. The van der Waals surface area contributed by atoms with Crippen molar-refractivity contribution < 1.29 is 4.79 Å². The smallest absolute Gasteiger partial charge is 0.242 e.